The van der Waals surface area contributed by atoms with Gasteiger partial charge in [0, 0.05) is 38.0 Å². The first-order chi connectivity index (χ1) is 24.6. The van der Waals surface area contributed by atoms with Crippen molar-refractivity contribution in [1.29, 1.82) is 0 Å². The fourth-order valence-corrected chi connectivity index (χ4v) is 3.94. The topological polar surface area (TPSA) is 210 Å². The molecule has 0 aliphatic carbocycles. The SMILES string of the molecule is Cc1nnc(-c2ccc(CNC(=O)CCCC(=O)NCCOCCOCCOCCOCCOCCOCCOCCOCCN)cc2)nn1. The van der Waals surface area contributed by atoms with Gasteiger partial charge in [-0.2, -0.15) is 0 Å². The van der Waals surface area contributed by atoms with Gasteiger partial charge in [-0.25, -0.2) is 0 Å². The number of ether oxygens (including phenoxy) is 8. The maximum atomic E-state index is 12.2. The maximum Gasteiger partial charge on any atom is 0.220 e. The molecule has 0 saturated heterocycles. The number of nitrogens with two attached hydrogens (primary N) is 1. The molecule has 0 radical (unpaired) electrons. The molecule has 1 aromatic carbocycles. The summed E-state index contributed by atoms with van der Waals surface area (Å²) in [5, 5.41) is 21.5. The van der Waals surface area contributed by atoms with Gasteiger partial charge in [-0.3, -0.25) is 9.59 Å². The van der Waals surface area contributed by atoms with Crippen molar-refractivity contribution in [2.24, 2.45) is 5.73 Å². The van der Waals surface area contributed by atoms with Crippen LogP contribution in [0.5, 0.6) is 0 Å². The molecule has 17 nitrogen and oxygen atoms in total. The second kappa shape index (κ2) is 30.6. The van der Waals surface area contributed by atoms with E-state index >= 15 is 0 Å². The first kappa shape index (κ1) is 42.9. The van der Waals surface area contributed by atoms with Crippen LogP contribution < -0.4 is 16.4 Å². The lowest BCUT2D eigenvalue weighted by Gasteiger charge is -2.09. The Morgan fingerprint density at radius 2 is 0.960 bits per heavy atom. The number of benzene rings is 1. The lowest BCUT2D eigenvalue weighted by molar-refractivity contribution is -0.122. The Morgan fingerprint density at radius 3 is 1.40 bits per heavy atom. The zero-order valence-electron chi connectivity index (χ0n) is 29.3. The highest BCUT2D eigenvalue weighted by Crippen LogP contribution is 2.14. The van der Waals surface area contributed by atoms with E-state index in [4.69, 9.17) is 43.6 Å². The lowest BCUT2D eigenvalue weighted by atomic mass is 10.1. The van der Waals surface area contributed by atoms with E-state index in [0.717, 1.165) is 11.1 Å². The minimum absolute atomic E-state index is 0.113. The highest BCUT2D eigenvalue weighted by Gasteiger charge is 2.07. The maximum absolute atomic E-state index is 12.2. The summed E-state index contributed by atoms with van der Waals surface area (Å²) in [5.41, 5.74) is 7.06. The predicted octanol–water partition coefficient (Wildman–Crippen LogP) is 0.236. The van der Waals surface area contributed by atoms with Crippen LogP contribution in [0.25, 0.3) is 11.4 Å². The Labute approximate surface area is 294 Å². The third-order valence-electron chi connectivity index (χ3n) is 6.52. The Hall–Kier alpha value is -3.26. The quantitative estimate of drug-likeness (QED) is 0.0848. The number of carbonyl (C=O) groups is 2. The van der Waals surface area contributed by atoms with Gasteiger partial charge in [0.15, 0.2) is 5.82 Å². The minimum atomic E-state index is -0.117. The van der Waals surface area contributed by atoms with E-state index in [1.165, 1.54) is 0 Å². The van der Waals surface area contributed by atoms with Crippen LogP contribution in [0.4, 0.5) is 0 Å². The molecule has 4 N–H and O–H groups in total. The molecule has 0 aliphatic heterocycles. The molecule has 17 heteroatoms. The molecule has 0 fully saturated rings. The van der Waals surface area contributed by atoms with Gasteiger partial charge >= 0.3 is 0 Å². The Kier molecular flexibility index (Phi) is 26.2. The Morgan fingerprint density at radius 1 is 0.560 bits per heavy atom. The fraction of sp³-hybridized carbons (Fsp3) is 0.697. The minimum Gasteiger partial charge on any atom is -0.378 e. The van der Waals surface area contributed by atoms with E-state index in [0.29, 0.717) is 143 Å². The molecule has 282 valence electrons. The van der Waals surface area contributed by atoms with Crippen LogP contribution in [0.15, 0.2) is 24.3 Å². The normalized spacial score (nSPS) is 11.2. The zero-order valence-corrected chi connectivity index (χ0v) is 29.3. The van der Waals surface area contributed by atoms with Crippen LogP contribution in [0.3, 0.4) is 0 Å². The molecule has 0 saturated carbocycles. The van der Waals surface area contributed by atoms with Crippen molar-refractivity contribution in [1.82, 2.24) is 31.0 Å². The summed E-state index contributed by atoms with van der Waals surface area (Å²) in [6.45, 7) is 10.8. The van der Waals surface area contributed by atoms with Gasteiger partial charge in [0.05, 0.1) is 106 Å². The van der Waals surface area contributed by atoms with Crippen molar-refractivity contribution >= 4 is 11.8 Å². The van der Waals surface area contributed by atoms with Crippen molar-refractivity contribution in [3.63, 3.8) is 0 Å². The molecule has 2 amide bonds. The van der Waals surface area contributed by atoms with Gasteiger partial charge in [-0.15, -0.1) is 20.4 Å². The number of aromatic nitrogens is 4. The van der Waals surface area contributed by atoms with Crippen LogP contribution in [-0.2, 0) is 54.0 Å². The summed E-state index contributed by atoms with van der Waals surface area (Å²) in [7, 11) is 0. The van der Waals surface area contributed by atoms with E-state index in [1.54, 1.807) is 6.92 Å². The second-order valence-corrected chi connectivity index (χ2v) is 10.6. The van der Waals surface area contributed by atoms with Gasteiger partial charge in [0.2, 0.25) is 17.6 Å². The summed E-state index contributed by atoms with van der Waals surface area (Å²) < 4.78 is 43.3. The standard InChI is InChI=1S/C33H55N7O10/c1-28-37-39-33(40-38-28)30-7-5-29(6-8-30)27-36-32(42)4-2-3-31(41)35-10-12-44-14-16-46-18-20-48-22-24-50-26-25-49-23-21-47-19-17-45-15-13-43-11-9-34/h5-8H,2-4,9-27,34H2,1H3,(H,35,41)(H,36,42). The molecule has 1 aromatic heterocycles. The number of aryl methyl sites for hydroxylation is 1. The Balaban J connectivity index is 1.26. The molecular weight excluding hydrogens is 654 g/mol. The van der Waals surface area contributed by atoms with Crippen molar-refractivity contribution in [2.75, 3.05) is 119 Å². The smallest absolute Gasteiger partial charge is 0.220 e. The number of amides is 2. The summed E-state index contributed by atoms with van der Waals surface area (Å²) >= 11 is 0. The van der Waals surface area contributed by atoms with E-state index in [2.05, 4.69) is 31.0 Å². The number of hydrogen-bond donors (Lipinski definition) is 3. The number of carbonyl (C=O) groups excluding carboxylic acids is 2. The Bertz CT molecular complexity index is 1120. The van der Waals surface area contributed by atoms with Gasteiger partial charge in [-0.05, 0) is 18.9 Å². The average Bonchev–Trinajstić information content (AvgIpc) is 3.13. The van der Waals surface area contributed by atoms with Crippen LogP contribution in [0.2, 0.25) is 0 Å². The molecule has 1 heterocycles. The van der Waals surface area contributed by atoms with Gasteiger partial charge in [0.1, 0.15) is 0 Å². The first-order valence-electron chi connectivity index (χ1n) is 17.1. The molecule has 2 aromatic rings. The van der Waals surface area contributed by atoms with Gasteiger partial charge in [-0.1, -0.05) is 24.3 Å². The van der Waals surface area contributed by atoms with Crippen LogP contribution in [-0.4, -0.2) is 151 Å². The molecule has 0 bridgehead atoms. The van der Waals surface area contributed by atoms with Gasteiger partial charge in [0.25, 0.3) is 0 Å². The van der Waals surface area contributed by atoms with Crippen LogP contribution >= 0.6 is 0 Å². The molecule has 2 rings (SSSR count). The second-order valence-electron chi connectivity index (χ2n) is 10.6. The van der Waals surface area contributed by atoms with Crippen molar-refractivity contribution in [3.05, 3.63) is 35.7 Å². The highest BCUT2D eigenvalue weighted by molar-refractivity contribution is 5.78. The van der Waals surface area contributed by atoms with Gasteiger partial charge < -0.3 is 54.3 Å². The van der Waals surface area contributed by atoms with E-state index in [1.807, 2.05) is 24.3 Å². The van der Waals surface area contributed by atoms with E-state index in [9.17, 15) is 9.59 Å². The monoisotopic (exact) mass is 709 g/mol. The summed E-state index contributed by atoms with van der Waals surface area (Å²) in [6, 6.07) is 7.48. The number of rotatable bonds is 33. The van der Waals surface area contributed by atoms with Crippen LogP contribution in [0.1, 0.15) is 30.7 Å². The predicted molar refractivity (Wildman–Crippen MR) is 182 cm³/mol. The third-order valence-corrected chi connectivity index (χ3v) is 6.52. The molecule has 0 aliphatic rings. The highest BCUT2D eigenvalue weighted by atomic mass is 16.6. The first-order valence-corrected chi connectivity index (χ1v) is 17.1. The number of hydrogen-bond acceptors (Lipinski definition) is 15. The molecule has 50 heavy (non-hydrogen) atoms. The zero-order chi connectivity index (χ0) is 35.7. The molecule has 0 atom stereocenters. The summed E-state index contributed by atoms with van der Waals surface area (Å²) in [5.74, 6) is 0.720. The lowest BCUT2D eigenvalue weighted by Crippen LogP contribution is -2.28. The van der Waals surface area contributed by atoms with Crippen molar-refractivity contribution in [2.45, 2.75) is 32.7 Å². The van der Waals surface area contributed by atoms with Crippen LogP contribution in [0, 0.1) is 6.92 Å². The third kappa shape index (κ3) is 24.0. The largest absolute Gasteiger partial charge is 0.378 e. The van der Waals surface area contributed by atoms with Crippen molar-refractivity contribution < 1.29 is 47.5 Å². The van der Waals surface area contributed by atoms with E-state index < -0.39 is 0 Å². The van der Waals surface area contributed by atoms with Crippen molar-refractivity contribution in [3.8, 4) is 11.4 Å². The average molecular weight is 710 g/mol. The number of nitrogens with zero attached hydrogens (tertiary/aromatic N) is 4. The molecule has 0 spiro atoms. The number of nitrogens with one attached hydrogen (secondary N) is 2. The molecular formula is C33H55N7O10. The fourth-order valence-electron chi connectivity index (χ4n) is 3.94. The van der Waals surface area contributed by atoms with E-state index in [-0.39, 0.29) is 24.7 Å². The summed E-state index contributed by atoms with van der Waals surface area (Å²) in [4.78, 5) is 24.2. The summed E-state index contributed by atoms with van der Waals surface area (Å²) in [6.07, 6.45) is 0.991. The molecule has 0 unspecified atom stereocenters.